The first-order chi connectivity index (χ1) is 11.1. The van der Waals surface area contributed by atoms with Crippen molar-refractivity contribution in [2.75, 3.05) is 5.32 Å². The van der Waals surface area contributed by atoms with Crippen LogP contribution in [0.2, 0.25) is 0 Å². The van der Waals surface area contributed by atoms with Gasteiger partial charge in [0.15, 0.2) is 5.69 Å². The highest BCUT2D eigenvalue weighted by molar-refractivity contribution is 5.93. The first-order valence-electron chi connectivity index (χ1n) is 7.58. The van der Waals surface area contributed by atoms with Crippen LogP contribution in [-0.4, -0.2) is 15.7 Å². The summed E-state index contributed by atoms with van der Waals surface area (Å²) >= 11 is 0. The summed E-state index contributed by atoms with van der Waals surface area (Å²) < 4.78 is 39.3. The van der Waals surface area contributed by atoms with E-state index in [0.29, 0.717) is 11.4 Å². The van der Waals surface area contributed by atoms with Gasteiger partial charge in [-0.15, -0.1) is 0 Å². The lowest BCUT2D eigenvalue weighted by molar-refractivity contribution is -0.141. The molecule has 7 heteroatoms. The van der Waals surface area contributed by atoms with Gasteiger partial charge in [0.05, 0.1) is 12.5 Å². The second kappa shape index (κ2) is 6.67. The summed E-state index contributed by atoms with van der Waals surface area (Å²) in [5.74, 6) is -0.781. The molecule has 130 valence electrons. The van der Waals surface area contributed by atoms with Crippen molar-refractivity contribution in [2.45, 2.75) is 40.4 Å². The van der Waals surface area contributed by atoms with E-state index in [1.807, 2.05) is 26.0 Å². The molecule has 2 rings (SSSR count). The van der Waals surface area contributed by atoms with Gasteiger partial charge < -0.3 is 5.32 Å². The van der Waals surface area contributed by atoms with E-state index in [1.165, 1.54) is 11.6 Å². The third-order valence-electron chi connectivity index (χ3n) is 4.03. The predicted molar refractivity (Wildman–Crippen MR) is 85.7 cm³/mol. The van der Waals surface area contributed by atoms with E-state index in [0.717, 1.165) is 17.2 Å². The predicted octanol–water partition coefficient (Wildman–Crippen LogP) is 4.10. The van der Waals surface area contributed by atoms with Gasteiger partial charge in [0.1, 0.15) is 0 Å². The van der Waals surface area contributed by atoms with Gasteiger partial charge in [-0.2, -0.15) is 18.3 Å². The van der Waals surface area contributed by atoms with Crippen LogP contribution in [-0.2, 0) is 17.5 Å². The fraction of sp³-hybridized carbons (Fsp3) is 0.412. The fourth-order valence-electron chi connectivity index (χ4n) is 2.32. The molecule has 0 fully saturated rings. The monoisotopic (exact) mass is 339 g/mol. The maximum atomic E-state index is 12.7. The molecule has 1 atom stereocenters. The number of hydrogen-bond donors (Lipinski definition) is 1. The highest BCUT2D eigenvalue weighted by Gasteiger charge is 2.34. The van der Waals surface area contributed by atoms with Gasteiger partial charge in [-0.05, 0) is 44.0 Å². The SMILES string of the molecule is Cc1cccc(NC(=O)[C@@H](C)Cn2nc(C(F)(F)F)cc2C)c1C. The van der Waals surface area contributed by atoms with Crippen LogP contribution >= 0.6 is 0 Å². The van der Waals surface area contributed by atoms with Gasteiger partial charge >= 0.3 is 6.18 Å². The van der Waals surface area contributed by atoms with E-state index in [9.17, 15) is 18.0 Å². The molecule has 0 aliphatic heterocycles. The number of aryl methyl sites for hydroxylation is 2. The number of carbonyl (C=O) groups excluding carboxylic acids is 1. The third kappa shape index (κ3) is 3.96. The van der Waals surface area contributed by atoms with Gasteiger partial charge in [0, 0.05) is 11.4 Å². The van der Waals surface area contributed by atoms with Crippen molar-refractivity contribution in [1.82, 2.24) is 9.78 Å². The number of nitrogens with zero attached hydrogens (tertiary/aromatic N) is 2. The smallest absolute Gasteiger partial charge is 0.326 e. The lowest BCUT2D eigenvalue weighted by Gasteiger charge is -2.15. The molecule has 0 unspecified atom stereocenters. The number of rotatable bonds is 4. The standard InChI is InChI=1S/C17H20F3N3O/c1-10-6-5-7-14(13(10)4)21-16(24)11(2)9-23-12(3)8-15(22-23)17(18,19)20/h5-8,11H,9H2,1-4H3,(H,21,24)/t11-/m0/s1. The number of alkyl halides is 3. The highest BCUT2D eigenvalue weighted by Crippen LogP contribution is 2.28. The molecule has 24 heavy (non-hydrogen) atoms. The van der Waals surface area contributed by atoms with Crippen LogP contribution in [0.3, 0.4) is 0 Å². The molecule has 1 N–H and O–H groups in total. The van der Waals surface area contributed by atoms with E-state index < -0.39 is 17.8 Å². The first kappa shape index (κ1) is 18.0. The molecule has 0 bridgehead atoms. The first-order valence-corrected chi connectivity index (χ1v) is 7.58. The molecule has 1 aromatic carbocycles. The van der Waals surface area contributed by atoms with Crippen molar-refractivity contribution in [3.63, 3.8) is 0 Å². The number of nitrogens with one attached hydrogen (secondary N) is 1. The van der Waals surface area contributed by atoms with Crippen LogP contribution in [0.4, 0.5) is 18.9 Å². The van der Waals surface area contributed by atoms with E-state index in [-0.39, 0.29) is 12.5 Å². The van der Waals surface area contributed by atoms with E-state index in [4.69, 9.17) is 0 Å². The summed E-state index contributed by atoms with van der Waals surface area (Å²) in [6.45, 7) is 7.13. The van der Waals surface area contributed by atoms with Crippen molar-refractivity contribution in [2.24, 2.45) is 5.92 Å². The Morgan fingerprint density at radius 1 is 1.29 bits per heavy atom. The molecule has 1 aromatic heterocycles. The number of aromatic nitrogens is 2. The van der Waals surface area contributed by atoms with Crippen molar-refractivity contribution in [3.8, 4) is 0 Å². The number of halogens is 3. The number of hydrogen-bond acceptors (Lipinski definition) is 2. The van der Waals surface area contributed by atoms with Gasteiger partial charge in [-0.3, -0.25) is 9.48 Å². The van der Waals surface area contributed by atoms with Crippen LogP contribution in [0.5, 0.6) is 0 Å². The van der Waals surface area contributed by atoms with Crippen LogP contribution in [0.15, 0.2) is 24.3 Å². The normalized spacial score (nSPS) is 13.0. The molecule has 0 radical (unpaired) electrons. The van der Waals surface area contributed by atoms with Crippen molar-refractivity contribution >= 4 is 11.6 Å². The molecule has 0 aliphatic carbocycles. The Hall–Kier alpha value is -2.31. The van der Waals surface area contributed by atoms with Gasteiger partial charge in [0.25, 0.3) is 0 Å². The maximum absolute atomic E-state index is 12.7. The number of benzene rings is 1. The molecule has 4 nitrogen and oxygen atoms in total. The Morgan fingerprint density at radius 3 is 2.54 bits per heavy atom. The second-order valence-electron chi connectivity index (χ2n) is 5.99. The van der Waals surface area contributed by atoms with Crippen LogP contribution in [0.1, 0.15) is 29.4 Å². The number of amides is 1. The molecule has 0 aliphatic rings. The second-order valence-corrected chi connectivity index (χ2v) is 5.99. The summed E-state index contributed by atoms with van der Waals surface area (Å²) in [6, 6.07) is 6.57. The summed E-state index contributed by atoms with van der Waals surface area (Å²) in [5, 5.41) is 6.38. The molecule has 2 aromatic rings. The van der Waals surface area contributed by atoms with E-state index >= 15 is 0 Å². The summed E-state index contributed by atoms with van der Waals surface area (Å²) in [4.78, 5) is 12.3. The minimum atomic E-state index is -4.49. The van der Waals surface area contributed by atoms with Crippen LogP contribution < -0.4 is 5.32 Å². The summed E-state index contributed by atoms with van der Waals surface area (Å²) in [6.07, 6.45) is -4.49. The van der Waals surface area contributed by atoms with Crippen LogP contribution in [0, 0.1) is 26.7 Å². The van der Waals surface area contributed by atoms with Crippen molar-refractivity contribution < 1.29 is 18.0 Å². The number of anilines is 1. The topological polar surface area (TPSA) is 46.9 Å². The summed E-state index contributed by atoms with van der Waals surface area (Å²) in [5.41, 5.74) is 2.15. The molecule has 1 amide bonds. The molecule has 0 saturated carbocycles. The zero-order valence-corrected chi connectivity index (χ0v) is 14.0. The minimum Gasteiger partial charge on any atom is -0.326 e. The Morgan fingerprint density at radius 2 is 1.96 bits per heavy atom. The largest absolute Gasteiger partial charge is 0.435 e. The van der Waals surface area contributed by atoms with Crippen LogP contribution in [0.25, 0.3) is 0 Å². The highest BCUT2D eigenvalue weighted by atomic mass is 19.4. The molecule has 0 spiro atoms. The zero-order valence-electron chi connectivity index (χ0n) is 14.0. The molecule has 0 saturated heterocycles. The average Bonchev–Trinajstić information content (AvgIpc) is 2.85. The van der Waals surface area contributed by atoms with E-state index in [1.54, 1.807) is 13.0 Å². The molecular weight excluding hydrogens is 319 g/mol. The molecule has 1 heterocycles. The quantitative estimate of drug-likeness (QED) is 0.911. The molecular formula is C17H20F3N3O. The zero-order chi connectivity index (χ0) is 18.1. The third-order valence-corrected chi connectivity index (χ3v) is 4.03. The Kier molecular flexibility index (Phi) is 5.01. The van der Waals surface area contributed by atoms with Gasteiger partial charge in [-0.25, -0.2) is 0 Å². The maximum Gasteiger partial charge on any atom is 0.435 e. The lowest BCUT2D eigenvalue weighted by Crippen LogP contribution is -2.25. The number of carbonyl (C=O) groups is 1. The Labute approximate surface area is 138 Å². The van der Waals surface area contributed by atoms with Gasteiger partial charge in [-0.1, -0.05) is 19.1 Å². The minimum absolute atomic E-state index is 0.0820. The average molecular weight is 339 g/mol. The summed E-state index contributed by atoms with van der Waals surface area (Å²) in [7, 11) is 0. The fourth-order valence-corrected chi connectivity index (χ4v) is 2.32. The lowest BCUT2D eigenvalue weighted by atomic mass is 10.1. The van der Waals surface area contributed by atoms with Gasteiger partial charge in [0.2, 0.25) is 5.91 Å². The van der Waals surface area contributed by atoms with Crippen molar-refractivity contribution in [3.05, 3.63) is 46.8 Å². The van der Waals surface area contributed by atoms with E-state index in [2.05, 4.69) is 10.4 Å². The van der Waals surface area contributed by atoms with Crippen molar-refractivity contribution in [1.29, 1.82) is 0 Å². The Balaban J connectivity index is 2.09. The Bertz CT molecular complexity index is 750.